The van der Waals surface area contributed by atoms with Crippen LogP contribution in [-0.4, -0.2) is 58.7 Å². The highest BCUT2D eigenvalue weighted by molar-refractivity contribution is 5.90. The molecule has 1 heterocycles. The number of aromatic nitrogens is 1. The Bertz CT molecular complexity index is 437. The number of anilines is 1. The molecule has 0 unspecified atom stereocenters. The summed E-state index contributed by atoms with van der Waals surface area (Å²) >= 11 is 0. The minimum Gasteiger partial charge on any atom is -0.465 e. The fraction of sp³-hybridized carbons (Fsp3) is 0.500. The van der Waals surface area contributed by atoms with Gasteiger partial charge in [0.25, 0.3) is 0 Å². The maximum absolute atomic E-state index is 11.4. The molecule has 0 atom stereocenters. The fourth-order valence-corrected chi connectivity index (χ4v) is 1.50. The average Bonchev–Trinajstić information content (AvgIpc) is 2.44. The molecule has 0 aromatic carbocycles. The Hall–Kier alpha value is -1.70. The van der Waals surface area contributed by atoms with Gasteiger partial charge in [0.2, 0.25) is 0 Å². The second-order valence-electron chi connectivity index (χ2n) is 4.20. The highest BCUT2D eigenvalue weighted by Crippen LogP contribution is 2.16. The summed E-state index contributed by atoms with van der Waals surface area (Å²) in [5.41, 5.74) is -0.484. The van der Waals surface area contributed by atoms with E-state index in [1.807, 2.05) is 0 Å². The monoisotopic (exact) mass is 270 g/mol. The summed E-state index contributed by atoms with van der Waals surface area (Å²) < 4.78 is 4.60. The molecule has 0 bridgehead atoms. The Morgan fingerprint density at radius 3 is 2.32 bits per heavy atom. The molecule has 7 heteroatoms. The molecule has 19 heavy (non-hydrogen) atoms. The molecule has 0 fully saturated rings. The van der Waals surface area contributed by atoms with Crippen LogP contribution in [0.4, 0.5) is 5.82 Å². The topological polar surface area (TPSA) is 112 Å². The molecule has 0 spiro atoms. The van der Waals surface area contributed by atoms with Crippen LogP contribution in [0.1, 0.15) is 16.1 Å². The number of nitrogens with zero attached hydrogens (tertiary/aromatic N) is 1. The first kappa shape index (κ1) is 15.4. The predicted octanol–water partition coefficient (Wildman–Crippen LogP) is -0.696. The number of carbonyl (C=O) groups excluding carboxylic acids is 1. The van der Waals surface area contributed by atoms with Crippen LogP contribution < -0.4 is 5.32 Å². The molecule has 1 aromatic rings. The average molecular weight is 270 g/mol. The molecular formula is C12H18N2O5. The smallest absolute Gasteiger partial charge is 0.339 e. The maximum atomic E-state index is 11.4. The van der Waals surface area contributed by atoms with Crippen LogP contribution in [0.2, 0.25) is 0 Å². The summed E-state index contributed by atoms with van der Waals surface area (Å²) in [7, 11) is 1.28. The van der Waals surface area contributed by atoms with Gasteiger partial charge in [0.15, 0.2) is 0 Å². The number of ether oxygens (including phenoxy) is 1. The zero-order valence-corrected chi connectivity index (χ0v) is 10.9. The number of methoxy groups -OCH3 is 1. The SMILES string of the molecule is COC(=O)c1ccc(NC(CO)(CO)CO)nc1C. The summed E-state index contributed by atoms with van der Waals surface area (Å²) in [6.07, 6.45) is 0. The Morgan fingerprint density at radius 1 is 1.32 bits per heavy atom. The molecule has 4 N–H and O–H groups in total. The first-order valence-electron chi connectivity index (χ1n) is 5.68. The molecular weight excluding hydrogens is 252 g/mol. The summed E-state index contributed by atoms with van der Waals surface area (Å²) in [4.78, 5) is 15.5. The van der Waals surface area contributed by atoms with E-state index in [-0.39, 0.29) is 0 Å². The lowest BCUT2D eigenvalue weighted by Crippen LogP contribution is -2.49. The van der Waals surface area contributed by atoms with Gasteiger partial charge in [0.05, 0.1) is 38.2 Å². The van der Waals surface area contributed by atoms with Crippen LogP contribution in [0.15, 0.2) is 12.1 Å². The Kier molecular flexibility index (Phi) is 5.22. The molecule has 0 saturated heterocycles. The lowest BCUT2D eigenvalue weighted by molar-refractivity contribution is 0.0599. The lowest BCUT2D eigenvalue weighted by atomic mass is 10.0. The maximum Gasteiger partial charge on any atom is 0.339 e. The van der Waals surface area contributed by atoms with Gasteiger partial charge in [-0.15, -0.1) is 0 Å². The largest absolute Gasteiger partial charge is 0.465 e. The standard InChI is InChI=1S/C12H18N2O5/c1-8-9(11(18)19-2)3-4-10(13-8)14-12(5-15,6-16)7-17/h3-4,15-17H,5-7H2,1-2H3,(H,13,14). The number of aliphatic hydroxyl groups is 3. The van der Waals surface area contributed by atoms with Crippen molar-refractivity contribution in [1.82, 2.24) is 4.98 Å². The van der Waals surface area contributed by atoms with Gasteiger partial charge in [-0.25, -0.2) is 9.78 Å². The van der Waals surface area contributed by atoms with Gasteiger partial charge in [-0.3, -0.25) is 0 Å². The van der Waals surface area contributed by atoms with Gasteiger partial charge in [-0.05, 0) is 19.1 Å². The minimum atomic E-state index is -1.26. The van der Waals surface area contributed by atoms with Crippen molar-refractivity contribution in [2.24, 2.45) is 0 Å². The molecule has 1 aromatic heterocycles. The van der Waals surface area contributed by atoms with E-state index in [0.29, 0.717) is 17.1 Å². The zero-order chi connectivity index (χ0) is 14.5. The number of hydrogen-bond donors (Lipinski definition) is 4. The van der Waals surface area contributed by atoms with Crippen LogP contribution in [0.3, 0.4) is 0 Å². The lowest BCUT2D eigenvalue weighted by Gasteiger charge is -2.29. The van der Waals surface area contributed by atoms with Crippen molar-refractivity contribution in [3.63, 3.8) is 0 Å². The van der Waals surface area contributed by atoms with Crippen LogP contribution in [-0.2, 0) is 4.74 Å². The van der Waals surface area contributed by atoms with Crippen LogP contribution >= 0.6 is 0 Å². The molecule has 0 aliphatic rings. The van der Waals surface area contributed by atoms with Gasteiger partial charge in [-0.2, -0.15) is 0 Å². The van der Waals surface area contributed by atoms with Crippen molar-refractivity contribution < 1.29 is 24.9 Å². The number of nitrogens with one attached hydrogen (secondary N) is 1. The molecule has 0 aliphatic heterocycles. The fourth-order valence-electron chi connectivity index (χ4n) is 1.50. The third kappa shape index (κ3) is 3.40. The quantitative estimate of drug-likeness (QED) is 0.506. The Labute approximate surface area is 110 Å². The third-order valence-corrected chi connectivity index (χ3v) is 2.79. The number of hydrogen-bond acceptors (Lipinski definition) is 7. The molecule has 0 saturated carbocycles. The molecule has 7 nitrogen and oxygen atoms in total. The highest BCUT2D eigenvalue weighted by atomic mass is 16.5. The van der Waals surface area contributed by atoms with Crippen molar-refractivity contribution in [3.8, 4) is 0 Å². The van der Waals surface area contributed by atoms with E-state index < -0.39 is 31.3 Å². The first-order chi connectivity index (χ1) is 9.01. The van der Waals surface area contributed by atoms with Gasteiger partial charge in [0, 0.05) is 0 Å². The summed E-state index contributed by atoms with van der Waals surface area (Å²) in [5.74, 6) is -0.156. The van der Waals surface area contributed by atoms with Crippen molar-refractivity contribution in [1.29, 1.82) is 0 Å². The van der Waals surface area contributed by atoms with Crippen LogP contribution in [0.5, 0.6) is 0 Å². The van der Waals surface area contributed by atoms with E-state index >= 15 is 0 Å². The Balaban J connectivity index is 2.98. The number of aryl methyl sites for hydroxylation is 1. The molecule has 0 radical (unpaired) electrons. The van der Waals surface area contributed by atoms with E-state index in [1.165, 1.54) is 19.2 Å². The van der Waals surface area contributed by atoms with E-state index in [9.17, 15) is 20.1 Å². The van der Waals surface area contributed by atoms with Gasteiger partial charge in [-0.1, -0.05) is 0 Å². The second-order valence-corrected chi connectivity index (χ2v) is 4.20. The number of pyridine rings is 1. The Morgan fingerprint density at radius 2 is 1.89 bits per heavy atom. The van der Waals surface area contributed by atoms with E-state index in [1.54, 1.807) is 6.92 Å². The van der Waals surface area contributed by atoms with Crippen LogP contribution in [0, 0.1) is 6.92 Å². The number of aliphatic hydroxyl groups excluding tert-OH is 3. The van der Waals surface area contributed by atoms with E-state index in [4.69, 9.17) is 0 Å². The van der Waals surface area contributed by atoms with E-state index in [0.717, 1.165) is 0 Å². The van der Waals surface area contributed by atoms with Crippen molar-refractivity contribution >= 4 is 11.8 Å². The van der Waals surface area contributed by atoms with Gasteiger partial charge < -0.3 is 25.4 Å². The van der Waals surface area contributed by atoms with Crippen molar-refractivity contribution in [2.75, 3.05) is 32.2 Å². The molecule has 1 rings (SSSR count). The summed E-state index contributed by atoms with van der Waals surface area (Å²) in [5, 5.41) is 30.4. The molecule has 0 amide bonds. The van der Waals surface area contributed by atoms with Gasteiger partial charge in [0.1, 0.15) is 11.4 Å². The normalized spacial score (nSPS) is 11.2. The highest BCUT2D eigenvalue weighted by Gasteiger charge is 2.28. The zero-order valence-electron chi connectivity index (χ0n) is 10.9. The minimum absolute atomic E-state index is 0.329. The molecule has 0 aliphatic carbocycles. The van der Waals surface area contributed by atoms with Gasteiger partial charge >= 0.3 is 5.97 Å². The predicted molar refractivity (Wildman–Crippen MR) is 67.9 cm³/mol. The third-order valence-electron chi connectivity index (χ3n) is 2.79. The van der Waals surface area contributed by atoms with Crippen molar-refractivity contribution in [3.05, 3.63) is 23.4 Å². The van der Waals surface area contributed by atoms with Crippen LogP contribution in [0.25, 0.3) is 0 Å². The summed E-state index contributed by atoms with van der Waals surface area (Å²) in [6.45, 7) is 0.258. The first-order valence-corrected chi connectivity index (χ1v) is 5.68. The molecule has 106 valence electrons. The second kappa shape index (κ2) is 6.46. The van der Waals surface area contributed by atoms with Crippen molar-refractivity contribution in [2.45, 2.75) is 12.5 Å². The number of carbonyl (C=O) groups is 1. The number of rotatable bonds is 6. The summed E-state index contributed by atoms with van der Waals surface area (Å²) in [6, 6.07) is 3.03. The van der Waals surface area contributed by atoms with E-state index in [2.05, 4.69) is 15.0 Å². The number of esters is 1.